The van der Waals surface area contributed by atoms with Gasteiger partial charge in [-0.3, -0.25) is 0 Å². The van der Waals surface area contributed by atoms with Gasteiger partial charge in [-0.1, -0.05) is 113 Å². The molecule has 2 aromatic rings. The third-order valence-corrected chi connectivity index (χ3v) is 13.7. The highest BCUT2D eigenvalue weighted by Crippen LogP contribution is 2.38. The molecular formula is C42H62O5Si. The number of hydrogen-bond acceptors (Lipinski definition) is 5. The van der Waals surface area contributed by atoms with Crippen molar-refractivity contribution in [3.05, 3.63) is 77.4 Å². The van der Waals surface area contributed by atoms with Crippen LogP contribution in [-0.2, 0) is 32.1 Å². The van der Waals surface area contributed by atoms with Gasteiger partial charge in [-0.15, -0.1) is 0 Å². The zero-order valence-corrected chi connectivity index (χ0v) is 31.6. The van der Waals surface area contributed by atoms with Gasteiger partial charge in [0.15, 0.2) is 0 Å². The number of hydrogen-bond donors (Lipinski definition) is 1. The number of carbonyl (C=O) groups is 2. The van der Waals surface area contributed by atoms with Crippen LogP contribution in [0.15, 0.2) is 60.7 Å². The van der Waals surface area contributed by atoms with Crippen LogP contribution in [0, 0.1) is 5.92 Å². The van der Waals surface area contributed by atoms with Gasteiger partial charge in [0.05, 0.1) is 14.7 Å². The molecule has 0 bridgehead atoms. The first-order chi connectivity index (χ1) is 23.0. The Kier molecular flexibility index (Phi) is 16.4. The molecule has 6 heteroatoms. The summed E-state index contributed by atoms with van der Waals surface area (Å²) >= 11 is 0. The number of ether oxygens (including phenoxy) is 2. The van der Waals surface area contributed by atoms with E-state index in [9.17, 15) is 14.7 Å². The summed E-state index contributed by atoms with van der Waals surface area (Å²) in [7, 11) is -2.01. The van der Waals surface area contributed by atoms with Crippen molar-refractivity contribution in [2.45, 2.75) is 136 Å². The zero-order valence-electron chi connectivity index (χ0n) is 30.6. The van der Waals surface area contributed by atoms with Gasteiger partial charge in [-0.05, 0) is 105 Å². The average molecular weight is 675 g/mol. The van der Waals surface area contributed by atoms with Gasteiger partial charge in [-0.25, -0.2) is 9.59 Å². The lowest BCUT2D eigenvalue weighted by atomic mass is 9.77. The Hall–Kier alpha value is -2.96. The van der Waals surface area contributed by atoms with Crippen LogP contribution in [0.25, 0.3) is 11.1 Å². The molecule has 1 aliphatic rings. The van der Waals surface area contributed by atoms with Gasteiger partial charge in [0.2, 0.25) is 0 Å². The van der Waals surface area contributed by atoms with Crippen LogP contribution in [0.1, 0.15) is 120 Å². The number of aliphatic hydroxyl groups is 1. The molecule has 2 aromatic carbocycles. The van der Waals surface area contributed by atoms with E-state index in [1.165, 1.54) is 67.7 Å². The molecule has 5 nitrogen and oxygen atoms in total. The second kappa shape index (κ2) is 19.9. The molecule has 1 aliphatic carbocycles. The van der Waals surface area contributed by atoms with Gasteiger partial charge in [0, 0.05) is 17.8 Å². The van der Waals surface area contributed by atoms with E-state index in [1.54, 1.807) is 13.8 Å². The first-order valence-electron chi connectivity index (χ1n) is 18.5. The Bertz CT molecular complexity index is 1350. The van der Waals surface area contributed by atoms with E-state index >= 15 is 0 Å². The van der Waals surface area contributed by atoms with Crippen molar-refractivity contribution in [2.75, 3.05) is 13.2 Å². The van der Waals surface area contributed by atoms with Crippen LogP contribution in [0.3, 0.4) is 0 Å². The van der Waals surface area contributed by atoms with Crippen molar-refractivity contribution < 1.29 is 24.2 Å². The van der Waals surface area contributed by atoms with Crippen LogP contribution in [0.2, 0.25) is 19.1 Å². The minimum absolute atomic E-state index is 0.194. The molecule has 0 aromatic heterocycles. The molecule has 3 rings (SSSR count). The predicted molar refractivity (Wildman–Crippen MR) is 202 cm³/mol. The van der Waals surface area contributed by atoms with Crippen molar-refractivity contribution in [3.8, 4) is 11.1 Å². The summed E-state index contributed by atoms with van der Waals surface area (Å²) in [6.45, 7) is 18.6. The quantitative estimate of drug-likeness (QED) is 0.0655. The first-order valence-corrected chi connectivity index (χ1v) is 21.7. The Morgan fingerprint density at radius 3 is 2.08 bits per heavy atom. The maximum absolute atomic E-state index is 12.6. The lowest BCUT2D eigenvalue weighted by Crippen LogP contribution is -2.46. The Labute approximate surface area is 292 Å². The van der Waals surface area contributed by atoms with Crippen LogP contribution in [0.5, 0.6) is 0 Å². The average Bonchev–Trinajstić information content (AvgIpc) is 3.07. The number of aryl methyl sites for hydroxylation is 1. The standard InChI is InChI=1S/C42H62O5Si/c1-8-9-11-15-33-17-19-34(20-18-33)35-21-23-36(24-22-35)38-28-37(16-14-26-46-41(44)31(2)3)40(48(6,7)27-13-10-12-25-43)39(29-38)30-47-42(45)32(4)5/h21-24,28-29,33-34,43H,2,4,8-20,25-27,30H2,1,3,5-7H3. The third kappa shape index (κ3) is 12.2. The fraction of sp³-hybridized carbons (Fsp3) is 0.571. The highest BCUT2D eigenvalue weighted by molar-refractivity contribution is 6.90. The highest BCUT2D eigenvalue weighted by Gasteiger charge is 2.30. The molecule has 1 saturated carbocycles. The molecule has 0 radical (unpaired) electrons. The van der Waals surface area contributed by atoms with Crippen LogP contribution >= 0.6 is 0 Å². The summed E-state index contributed by atoms with van der Waals surface area (Å²) in [5.41, 5.74) is 6.80. The number of aliphatic hydroxyl groups excluding tert-OH is 1. The van der Waals surface area contributed by atoms with Gasteiger partial charge in [0.1, 0.15) is 6.61 Å². The van der Waals surface area contributed by atoms with Gasteiger partial charge in [-0.2, -0.15) is 0 Å². The molecule has 48 heavy (non-hydrogen) atoms. The molecule has 0 spiro atoms. The third-order valence-electron chi connectivity index (χ3n) is 10.1. The fourth-order valence-electron chi connectivity index (χ4n) is 7.33. The molecule has 0 unspecified atom stereocenters. The van der Waals surface area contributed by atoms with E-state index in [1.807, 2.05) is 0 Å². The van der Waals surface area contributed by atoms with E-state index in [2.05, 4.69) is 69.6 Å². The van der Waals surface area contributed by atoms with Crippen LogP contribution < -0.4 is 5.19 Å². The monoisotopic (exact) mass is 674 g/mol. The first kappa shape index (κ1) is 39.5. The summed E-state index contributed by atoms with van der Waals surface area (Å²) in [5.74, 6) is 0.788. The SMILES string of the molecule is C=C(C)C(=O)OCCCc1cc(-c2ccc(C3CCC(CCCCC)CC3)cc2)cc(COC(=O)C(=C)C)c1[Si](C)(C)CCCCCO. The molecule has 0 amide bonds. The minimum atomic E-state index is -2.01. The zero-order chi connectivity index (χ0) is 35.1. The summed E-state index contributed by atoms with van der Waals surface area (Å²) < 4.78 is 11.3. The lowest BCUT2D eigenvalue weighted by molar-refractivity contribution is -0.140. The van der Waals surface area contributed by atoms with E-state index in [0.29, 0.717) is 30.1 Å². The van der Waals surface area contributed by atoms with Gasteiger partial charge >= 0.3 is 11.9 Å². The maximum Gasteiger partial charge on any atom is 0.333 e. The van der Waals surface area contributed by atoms with E-state index < -0.39 is 8.07 Å². The molecule has 0 aliphatic heterocycles. The van der Waals surface area contributed by atoms with Crippen LogP contribution in [0.4, 0.5) is 0 Å². The second-order valence-corrected chi connectivity index (χ2v) is 19.6. The smallest absolute Gasteiger partial charge is 0.333 e. The summed E-state index contributed by atoms with van der Waals surface area (Å²) in [4.78, 5) is 24.6. The van der Waals surface area contributed by atoms with Crippen molar-refractivity contribution in [2.24, 2.45) is 5.92 Å². The molecule has 0 atom stereocenters. The topological polar surface area (TPSA) is 72.8 Å². The summed E-state index contributed by atoms with van der Waals surface area (Å²) in [5, 5.41) is 10.7. The van der Waals surface area contributed by atoms with Crippen molar-refractivity contribution in [1.82, 2.24) is 0 Å². The molecular weight excluding hydrogens is 613 g/mol. The maximum atomic E-state index is 12.6. The number of esters is 2. The summed E-state index contributed by atoms with van der Waals surface area (Å²) in [6, 6.07) is 14.8. The van der Waals surface area contributed by atoms with Crippen molar-refractivity contribution in [3.63, 3.8) is 0 Å². The number of rotatable bonds is 20. The fourth-order valence-corrected chi connectivity index (χ4v) is 10.8. The van der Waals surface area contributed by atoms with Crippen LogP contribution in [-0.4, -0.2) is 38.3 Å². The number of unbranched alkanes of at least 4 members (excludes halogenated alkanes) is 4. The Morgan fingerprint density at radius 1 is 0.812 bits per heavy atom. The van der Waals surface area contributed by atoms with E-state index in [-0.39, 0.29) is 25.2 Å². The van der Waals surface area contributed by atoms with E-state index in [4.69, 9.17) is 9.47 Å². The molecule has 1 N–H and O–H groups in total. The minimum Gasteiger partial charge on any atom is -0.462 e. The largest absolute Gasteiger partial charge is 0.462 e. The lowest BCUT2D eigenvalue weighted by Gasteiger charge is -2.30. The van der Waals surface area contributed by atoms with Crippen molar-refractivity contribution >= 4 is 25.2 Å². The Morgan fingerprint density at radius 2 is 1.46 bits per heavy atom. The van der Waals surface area contributed by atoms with Gasteiger partial charge in [0.25, 0.3) is 0 Å². The summed E-state index contributed by atoms with van der Waals surface area (Å²) in [6.07, 6.45) is 14.9. The normalized spacial score (nSPS) is 16.4. The molecule has 264 valence electrons. The predicted octanol–water partition coefficient (Wildman–Crippen LogP) is 9.96. The highest BCUT2D eigenvalue weighted by atomic mass is 28.3. The van der Waals surface area contributed by atoms with Crippen molar-refractivity contribution in [1.29, 1.82) is 0 Å². The Balaban J connectivity index is 1.93. The van der Waals surface area contributed by atoms with E-state index in [0.717, 1.165) is 54.3 Å². The molecule has 0 saturated heterocycles. The number of benzene rings is 2. The number of carbonyl (C=O) groups excluding carboxylic acids is 2. The molecule has 1 fully saturated rings. The second-order valence-electron chi connectivity index (χ2n) is 14.8. The van der Waals surface area contributed by atoms with Gasteiger partial charge < -0.3 is 14.6 Å². The molecule has 0 heterocycles.